The molecular weight excluding hydrogens is 232 g/mol. The number of nitrogens with zero attached hydrogens (tertiary/aromatic N) is 1. The molecule has 17 heavy (non-hydrogen) atoms. The van der Waals surface area contributed by atoms with Crippen LogP contribution in [0, 0.1) is 0 Å². The largest absolute Gasteiger partial charge is 0.383 e. The van der Waals surface area contributed by atoms with Crippen LogP contribution in [0.25, 0.3) is 6.08 Å². The highest BCUT2D eigenvalue weighted by Crippen LogP contribution is 2.26. The summed E-state index contributed by atoms with van der Waals surface area (Å²) in [5.41, 5.74) is 7.78. The molecule has 0 spiro atoms. The van der Waals surface area contributed by atoms with Gasteiger partial charge in [-0.25, -0.2) is 0 Å². The summed E-state index contributed by atoms with van der Waals surface area (Å²) in [6.07, 6.45) is 3.91. The van der Waals surface area contributed by atoms with E-state index in [1.165, 1.54) is 0 Å². The van der Waals surface area contributed by atoms with Gasteiger partial charge in [-0.15, -0.1) is 0 Å². The second-order valence-corrected chi connectivity index (χ2v) is 4.67. The fourth-order valence-electron chi connectivity index (χ4n) is 1.49. The van der Waals surface area contributed by atoms with Crippen molar-refractivity contribution < 1.29 is 4.79 Å². The third-order valence-corrected chi connectivity index (χ3v) is 3.03. The Kier molecular flexibility index (Phi) is 3.44. The summed E-state index contributed by atoms with van der Waals surface area (Å²) in [4.78, 5) is 15.4. The van der Waals surface area contributed by atoms with E-state index in [0.717, 1.165) is 27.8 Å². The first-order valence-electron chi connectivity index (χ1n) is 5.16. The maximum Gasteiger partial charge on any atom is 0.311 e. The molecule has 1 heterocycles. The van der Waals surface area contributed by atoms with E-state index >= 15 is 0 Å². The zero-order valence-corrected chi connectivity index (χ0v) is 10.2. The van der Waals surface area contributed by atoms with Crippen LogP contribution in [0.5, 0.6) is 0 Å². The molecule has 0 atom stereocenters. The second-order valence-electron chi connectivity index (χ2n) is 3.67. The first-order valence-corrected chi connectivity index (χ1v) is 5.98. The number of allylic oxidation sites excluding steroid dienone is 2. The highest BCUT2D eigenvalue weighted by Gasteiger charge is 2.18. The van der Waals surface area contributed by atoms with Gasteiger partial charge in [-0.2, -0.15) is 4.99 Å². The van der Waals surface area contributed by atoms with Crippen LogP contribution in [0.15, 0.2) is 51.9 Å². The van der Waals surface area contributed by atoms with Gasteiger partial charge in [-0.3, -0.25) is 4.79 Å². The molecule has 1 aromatic rings. The average molecular weight is 244 g/mol. The molecule has 0 radical (unpaired) electrons. The fourth-order valence-corrected chi connectivity index (χ4v) is 2.21. The van der Waals surface area contributed by atoms with Crippen molar-refractivity contribution in [2.24, 2.45) is 10.7 Å². The van der Waals surface area contributed by atoms with Gasteiger partial charge in [-0.1, -0.05) is 36.4 Å². The van der Waals surface area contributed by atoms with E-state index < -0.39 is 0 Å². The van der Waals surface area contributed by atoms with Gasteiger partial charge >= 0.3 is 5.24 Å². The maximum atomic E-state index is 11.0. The molecule has 1 aromatic carbocycles. The van der Waals surface area contributed by atoms with Gasteiger partial charge in [0.1, 0.15) is 5.84 Å². The van der Waals surface area contributed by atoms with Crippen molar-refractivity contribution in [2.75, 3.05) is 0 Å². The van der Waals surface area contributed by atoms with E-state index in [0.29, 0.717) is 5.84 Å². The molecule has 1 amide bonds. The van der Waals surface area contributed by atoms with Crippen molar-refractivity contribution >= 4 is 28.9 Å². The quantitative estimate of drug-likeness (QED) is 0.869. The standard InChI is InChI=1S/C13H12N2OS/c1-9(7-10-5-3-2-4-6-10)8-11-12(14)15-13(16)17-11/h2-8H,1H3,(H2,14,15,16)/b9-7+,11-8-. The number of hydrogen-bond acceptors (Lipinski definition) is 3. The number of amides is 1. The molecule has 0 aliphatic carbocycles. The number of rotatable bonds is 2. The van der Waals surface area contributed by atoms with Gasteiger partial charge in [0.25, 0.3) is 0 Å². The van der Waals surface area contributed by atoms with Crippen LogP contribution in [0.1, 0.15) is 12.5 Å². The topological polar surface area (TPSA) is 55.5 Å². The fraction of sp³-hybridized carbons (Fsp3) is 0.0769. The molecule has 0 saturated carbocycles. The lowest BCUT2D eigenvalue weighted by atomic mass is 10.1. The molecule has 1 aliphatic heterocycles. The Morgan fingerprint density at radius 2 is 2.06 bits per heavy atom. The summed E-state index contributed by atoms with van der Waals surface area (Å²) in [5, 5.41) is -0.249. The minimum absolute atomic E-state index is 0.249. The number of carbonyl (C=O) groups is 1. The van der Waals surface area contributed by atoms with Crippen LogP contribution in [-0.4, -0.2) is 11.1 Å². The lowest BCUT2D eigenvalue weighted by Crippen LogP contribution is -2.09. The van der Waals surface area contributed by atoms with Crippen molar-refractivity contribution in [3.05, 3.63) is 52.4 Å². The maximum absolute atomic E-state index is 11.0. The van der Waals surface area contributed by atoms with E-state index in [1.807, 2.05) is 49.4 Å². The molecule has 0 unspecified atom stereocenters. The lowest BCUT2D eigenvalue weighted by molar-refractivity contribution is 0.268. The Labute approximate surface area is 104 Å². The van der Waals surface area contributed by atoms with Crippen LogP contribution in [0.2, 0.25) is 0 Å². The Bertz CT molecular complexity index is 530. The zero-order valence-electron chi connectivity index (χ0n) is 9.38. The molecule has 1 aliphatic rings. The normalized spacial score (nSPS) is 18.6. The van der Waals surface area contributed by atoms with Crippen molar-refractivity contribution in [3.63, 3.8) is 0 Å². The Hall–Kier alpha value is -1.81. The summed E-state index contributed by atoms with van der Waals surface area (Å²) < 4.78 is 0. The van der Waals surface area contributed by atoms with E-state index in [1.54, 1.807) is 0 Å². The Morgan fingerprint density at radius 3 is 2.65 bits per heavy atom. The molecule has 0 bridgehead atoms. The first kappa shape index (κ1) is 11.7. The zero-order chi connectivity index (χ0) is 12.3. The highest BCUT2D eigenvalue weighted by molar-refractivity contribution is 8.18. The minimum Gasteiger partial charge on any atom is -0.383 e. The van der Waals surface area contributed by atoms with Gasteiger partial charge in [0.2, 0.25) is 0 Å². The predicted octanol–water partition coefficient (Wildman–Crippen LogP) is 3.20. The van der Waals surface area contributed by atoms with Crippen LogP contribution in [0.3, 0.4) is 0 Å². The molecule has 2 rings (SSSR count). The molecule has 2 N–H and O–H groups in total. The molecule has 0 aromatic heterocycles. The van der Waals surface area contributed by atoms with Gasteiger partial charge in [0, 0.05) is 0 Å². The number of thioether (sulfide) groups is 1. The third kappa shape index (κ3) is 3.07. The van der Waals surface area contributed by atoms with Crippen LogP contribution < -0.4 is 5.73 Å². The molecule has 0 fully saturated rings. The van der Waals surface area contributed by atoms with Gasteiger partial charge in [0.05, 0.1) is 4.91 Å². The van der Waals surface area contributed by atoms with Crippen molar-refractivity contribution in [1.82, 2.24) is 0 Å². The number of benzene rings is 1. The molecule has 86 valence electrons. The first-order chi connectivity index (χ1) is 8.15. The molecule has 3 nitrogen and oxygen atoms in total. The lowest BCUT2D eigenvalue weighted by Gasteiger charge is -1.97. The third-order valence-electron chi connectivity index (χ3n) is 2.21. The number of hydrogen-bond donors (Lipinski definition) is 1. The van der Waals surface area contributed by atoms with Crippen molar-refractivity contribution in [1.29, 1.82) is 0 Å². The van der Waals surface area contributed by atoms with Crippen LogP contribution in [0.4, 0.5) is 4.79 Å². The Morgan fingerprint density at radius 1 is 1.35 bits per heavy atom. The van der Waals surface area contributed by atoms with E-state index in [2.05, 4.69) is 4.99 Å². The number of carbonyl (C=O) groups excluding carboxylic acids is 1. The van der Waals surface area contributed by atoms with Gasteiger partial charge < -0.3 is 5.73 Å². The van der Waals surface area contributed by atoms with E-state index in [9.17, 15) is 4.79 Å². The summed E-state index contributed by atoms with van der Waals surface area (Å²) in [6.45, 7) is 1.97. The van der Waals surface area contributed by atoms with Crippen LogP contribution >= 0.6 is 11.8 Å². The monoisotopic (exact) mass is 244 g/mol. The smallest absolute Gasteiger partial charge is 0.311 e. The van der Waals surface area contributed by atoms with Gasteiger partial charge in [0.15, 0.2) is 0 Å². The summed E-state index contributed by atoms with van der Waals surface area (Å²) in [5.74, 6) is 0.306. The Balaban J connectivity index is 2.20. The predicted molar refractivity (Wildman–Crippen MR) is 72.8 cm³/mol. The van der Waals surface area contributed by atoms with E-state index in [4.69, 9.17) is 5.73 Å². The molecule has 4 heteroatoms. The average Bonchev–Trinajstić information content (AvgIpc) is 2.58. The SMILES string of the molecule is CC(/C=C1\SC(=O)N=C1N)=C\c1ccccc1. The summed E-state index contributed by atoms with van der Waals surface area (Å²) >= 11 is 1.07. The molecular formula is C13H12N2OS. The number of amidine groups is 1. The highest BCUT2D eigenvalue weighted by atomic mass is 32.2. The second kappa shape index (κ2) is 5.01. The van der Waals surface area contributed by atoms with E-state index in [-0.39, 0.29) is 5.24 Å². The van der Waals surface area contributed by atoms with Crippen molar-refractivity contribution in [2.45, 2.75) is 6.92 Å². The van der Waals surface area contributed by atoms with Crippen LogP contribution in [-0.2, 0) is 0 Å². The molecule has 0 saturated heterocycles. The number of nitrogens with two attached hydrogens (primary N) is 1. The van der Waals surface area contributed by atoms with Gasteiger partial charge in [-0.05, 0) is 35.9 Å². The summed E-state index contributed by atoms with van der Waals surface area (Å²) in [7, 11) is 0. The van der Waals surface area contributed by atoms with Crippen molar-refractivity contribution in [3.8, 4) is 0 Å². The minimum atomic E-state index is -0.249. The summed E-state index contributed by atoms with van der Waals surface area (Å²) in [6, 6.07) is 9.98. The number of aliphatic imine (C=N–C) groups is 1.